The Morgan fingerprint density at radius 2 is 1.96 bits per heavy atom. The summed E-state index contributed by atoms with van der Waals surface area (Å²) < 4.78 is 0. The molecule has 0 saturated heterocycles. The number of aromatic nitrogens is 3. The van der Waals surface area contributed by atoms with Gasteiger partial charge in [0, 0.05) is 29.6 Å². The van der Waals surface area contributed by atoms with Crippen molar-refractivity contribution >= 4 is 40.4 Å². The largest absolute Gasteiger partial charge is 0.396 e. The lowest BCUT2D eigenvalue weighted by molar-refractivity contribution is -0.385. The van der Waals surface area contributed by atoms with E-state index in [4.69, 9.17) is 28.9 Å². The number of nitrogens with one attached hydrogen (secondary N) is 1. The lowest BCUT2D eigenvalue weighted by Crippen LogP contribution is -2.10. The van der Waals surface area contributed by atoms with Crippen LogP contribution in [-0.2, 0) is 6.42 Å². The van der Waals surface area contributed by atoms with E-state index < -0.39 is 4.92 Å². The first-order valence-electron chi connectivity index (χ1n) is 7.85. The summed E-state index contributed by atoms with van der Waals surface area (Å²) in [5, 5.41) is 14.7. The molecule has 10 heteroatoms. The van der Waals surface area contributed by atoms with Gasteiger partial charge in [-0.25, -0.2) is 15.0 Å². The van der Waals surface area contributed by atoms with Crippen molar-refractivity contribution in [3.05, 3.63) is 68.7 Å². The van der Waals surface area contributed by atoms with Gasteiger partial charge in [0.25, 0.3) is 5.69 Å². The van der Waals surface area contributed by atoms with Crippen molar-refractivity contribution < 1.29 is 4.92 Å². The molecule has 0 bridgehead atoms. The molecule has 0 aliphatic carbocycles. The van der Waals surface area contributed by atoms with E-state index in [1.54, 1.807) is 24.3 Å². The molecule has 138 valence electrons. The van der Waals surface area contributed by atoms with Gasteiger partial charge in [0.1, 0.15) is 17.8 Å². The molecule has 0 amide bonds. The summed E-state index contributed by atoms with van der Waals surface area (Å²) in [6, 6.07) is 8.02. The Morgan fingerprint density at radius 3 is 2.63 bits per heavy atom. The molecule has 3 N–H and O–H groups in total. The van der Waals surface area contributed by atoms with E-state index in [0.29, 0.717) is 51.6 Å². The van der Waals surface area contributed by atoms with E-state index in [1.807, 2.05) is 0 Å². The van der Waals surface area contributed by atoms with E-state index in [9.17, 15) is 10.1 Å². The van der Waals surface area contributed by atoms with E-state index in [2.05, 4.69) is 20.3 Å². The molecule has 0 aliphatic rings. The van der Waals surface area contributed by atoms with Crippen molar-refractivity contribution in [2.75, 3.05) is 17.6 Å². The maximum Gasteiger partial charge on any atom is 0.287 e. The molecule has 3 aromatic rings. The number of halogens is 2. The van der Waals surface area contributed by atoms with Crippen LogP contribution in [0.3, 0.4) is 0 Å². The van der Waals surface area contributed by atoms with Crippen LogP contribution in [0.4, 0.5) is 17.2 Å². The number of nitro groups is 1. The molecule has 0 unspecified atom stereocenters. The van der Waals surface area contributed by atoms with Gasteiger partial charge in [0.15, 0.2) is 0 Å². The Morgan fingerprint density at radius 1 is 1.15 bits per heavy atom. The van der Waals surface area contributed by atoms with Gasteiger partial charge in [-0.15, -0.1) is 0 Å². The predicted molar refractivity (Wildman–Crippen MR) is 105 cm³/mol. The SMILES string of the molecule is Nc1cnc(CCNc2ccc([N+](=O)[O-])cn2)nc1-c1ccc(Cl)cc1Cl. The van der Waals surface area contributed by atoms with Crippen LogP contribution in [0.1, 0.15) is 5.82 Å². The molecule has 0 saturated carbocycles. The quantitative estimate of drug-likeness (QED) is 0.470. The molecule has 27 heavy (non-hydrogen) atoms. The minimum atomic E-state index is -0.498. The van der Waals surface area contributed by atoms with Crippen molar-refractivity contribution in [3.8, 4) is 11.3 Å². The Hall–Kier alpha value is -2.97. The maximum absolute atomic E-state index is 10.6. The third-order valence-electron chi connectivity index (χ3n) is 3.67. The lowest BCUT2D eigenvalue weighted by atomic mass is 10.1. The average molecular weight is 405 g/mol. The molecule has 8 nitrogen and oxygen atoms in total. The Bertz CT molecular complexity index is 982. The summed E-state index contributed by atoms with van der Waals surface area (Å²) in [6.07, 6.45) is 3.23. The van der Waals surface area contributed by atoms with Crippen LogP contribution in [0.2, 0.25) is 10.0 Å². The number of pyridine rings is 1. The number of rotatable bonds is 6. The Kier molecular flexibility index (Phi) is 5.68. The van der Waals surface area contributed by atoms with Crippen LogP contribution in [0, 0.1) is 10.1 Å². The number of nitrogen functional groups attached to an aromatic ring is 1. The molecule has 0 fully saturated rings. The fourth-order valence-corrected chi connectivity index (χ4v) is 2.84. The van der Waals surface area contributed by atoms with Crippen molar-refractivity contribution in [2.45, 2.75) is 6.42 Å². The third kappa shape index (κ3) is 4.60. The van der Waals surface area contributed by atoms with Crippen LogP contribution in [-0.4, -0.2) is 26.4 Å². The van der Waals surface area contributed by atoms with Gasteiger partial charge >= 0.3 is 0 Å². The molecule has 0 radical (unpaired) electrons. The summed E-state index contributed by atoms with van der Waals surface area (Å²) >= 11 is 12.2. The first-order valence-corrected chi connectivity index (χ1v) is 8.61. The van der Waals surface area contributed by atoms with Crippen LogP contribution in [0.5, 0.6) is 0 Å². The monoisotopic (exact) mass is 404 g/mol. The zero-order valence-corrected chi connectivity index (χ0v) is 15.4. The second-order valence-electron chi connectivity index (χ2n) is 5.55. The summed E-state index contributed by atoms with van der Waals surface area (Å²) in [5.74, 6) is 1.09. The van der Waals surface area contributed by atoms with E-state index in [1.165, 1.54) is 18.5 Å². The summed E-state index contributed by atoms with van der Waals surface area (Å²) in [6.45, 7) is 0.489. The van der Waals surface area contributed by atoms with Gasteiger partial charge in [0.2, 0.25) is 0 Å². The molecule has 2 heterocycles. The normalized spacial score (nSPS) is 10.6. The minimum Gasteiger partial charge on any atom is -0.396 e. The van der Waals surface area contributed by atoms with Gasteiger partial charge in [-0.3, -0.25) is 10.1 Å². The molecule has 0 atom stereocenters. The third-order valence-corrected chi connectivity index (χ3v) is 4.21. The molecule has 0 spiro atoms. The number of nitrogens with zero attached hydrogens (tertiary/aromatic N) is 4. The van der Waals surface area contributed by atoms with E-state index in [-0.39, 0.29) is 5.69 Å². The maximum atomic E-state index is 10.6. The smallest absolute Gasteiger partial charge is 0.287 e. The topological polar surface area (TPSA) is 120 Å². The molecular formula is C17H14Cl2N6O2. The second kappa shape index (κ2) is 8.15. The standard InChI is InChI=1S/C17H14Cl2N6O2/c18-10-1-3-12(13(19)7-10)17-14(20)9-23-16(24-17)5-6-21-15-4-2-11(8-22-15)25(26)27/h1-4,7-9H,5-6,20H2,(H,21,22). The lowest BCUT2D eigenvalue weighted by Gasteiger charge is -2.10. The van der Waals surface area contributed by atoms with Gasteiger partial charge in [-0.05, 0) is 24.3 Å². The number of hydrogen-bond donors (Lipinski definition) is 2. The van der Waals surface area contributed by atoms with Crippen LogP contribution < -0.4 is 11.1 Å². The summed E-state index contributed by atoms with van der Waals surface area (Å²) in [7, 11) is 0. The number of hydrogen-bond acceptors (Lipinski definition) is 7. The highest BCUT2D eigenvalue weighted by molar-refractivity contribution is 6.36. The van der Waals surface area contributed by atoms with Crippen LogP contribution in [0.25, 0.3) is 11.3 Å². The highest BCUT2D eigenvalue weighted by atomic mass is 35.5. The minimum absolute atomic E-state index is 0.0631. The van der Waals surface area contributed by atoms with E-state index >= 15 is 0 Å². The van der Waals surface area contributed by atoms with Gasteiger partial charge in [-0.1, -0.05) is 23.2 Å². The fourth-order valence-electron chi connectivity index (χ4n) is 2.35. The fraction of sp³-hybridized carbons (Fsp3) is 0.118. The zero-order valence-electron chi connectivity index (χ0n) is 13.9. The van der Waals surface area contributed by atoms with Gasteiger partial charge in [0.05, 0.1) is 27.5 Å². The van der Waals surface area contributed by atoms with E-state index in [0.717, 1.165) is 0 Å². The molecule has 2 aromatic heterocycles. The number of nitrogens with two attached hydrogens (primary N) is 1. The molecular weight excluding hydrogens is 391 g/mol. The molecule has 0 aliphatic heterocycles. The Balaban J connectivity index is 1.70. The first kappa shape index (κ1) is 18.8. The highest BCUT2D eigenvalue weighted by Crippen LogP contribution is 2.32. The van der Waals surface area contributed by atoms with Crippen LogP contribution >= 0.6 is 23.2 Å². The molecule has 1 aromatic carbocycles. The molecule has 3 rings (SSSR count). The summed E-state index contributed by atoms with van der Waals surface area (Å²) in [5.41, 5.74) is 7.55. The van der Waals surface area contributed by atoms with Crippen molar-refractivity contribution in [2.24, 2.45) is 0 Å². The first-order chi connectivity index (χ1) is 12.9. The van der Waals surface area contributed by atoms with Crippen molar-refractivity contribution in [1.82, 2.24) is 15.0 Å². The van der Waals surface area contributed by atoms with Crippen molar-refractivity contribution in [3.63, 3.8) is 0 Å². The highest BCUT2D eigenvalue weighted by Gasteiger charge is 2.12. The van der Waals surface area contributed by atoms with Crippen LogP contribution in [0.15, 0.2) is 42.7 Å². The van der Waals surface area contributed by atoms with Gasteiger partial charge in [-0.2, -0.15) is 0 Å². The number of anilines is 2. The Labute approximate surface area is 164 Å². The average Bonchev–Trinajstić information content (AvgIpc) is 2.64. The van der Waals surface area contributed by atoms with Crippen molar-refractivity contribution in [1.29, 1.82) is 0 Å². The second-order valence-corrected chi connectivity index (χ2v) is 6.39. The predicted octanol–water partition coefficient (Wildman–Crippen LogP) is 3.99. The number of benzene rings is 1. The zero-order chi connectivity index (χ0) is 19.4. The van der Waals surface area contributed by atoms with Gasteiger partial charge < -0.3 is 11.1 Å². The summed E-state index contributed by atoms with van der Waals surface area (Å²) in [4.78, 5) is 22.8.